The van der Waals surface area contributed by atoms with E-state index in [1.54, 1.807) is 24.3 Å². The molecular formula is C14H16N4O4. The van der Waals surface area contributed by atoms with Crippen molar-refractivity contribution in [2.75, 3.05) is 13.2 Å². The Bertz CT molecular complexity index is 790. The number of aromatic amines is 1. The van der Waals surface area contributed by atoms with Crippen molar-refractivity contribution in [1.82, 2.24) is 15.0 Å². The van der Waals surface area contributed by atoms with Crippen LogP contribution in [0.2, 0.25) is 0 Å². The molecule has 2 aromatic rings. The molecule has 1 aromatic heterocycles. The highest BCUT2D eigenvalue weighted by Gasteiger charge is 2.13. The average Bonchev–Trinajstić information content (AvgIpc) is 2.48. The predicted molar refractivity (Wildman–Crippen MR) is 81.7 cm³/mol. The lowest BCUT2D eigenvalue weighted by Gasteiger charge is -2.09. The number of nitrogens with zero attached hydrogens (tertiary/aromatic N) is 2. The molecule has 0 spiro atoms. The van der Waals surface area contributed by atoms with Gasteiger partial charge in [-0.3, -0.25) is 9.78 Å². The van der Waals surface area contributed by atoms with Crippen LogP contribution in [-0.4, -0.2) is 39.1 Å². The third-order valence-electron chi connectivity index (χ3n) is 2.92. The summed E-state index contributed by atoms with van der Waals surface area (Å²) in [6.45, 7) is 1.97. The number of aliphatic hydroxyl groups is 1. The zero-order valence-corrected chi connectivity index (χ0v) is 11.9. The maximum Gasteiger partial charge on any atom is 0.335 e. The summed E-state index contributed by atoms with van der Waals surface area (Å²) < 4.78 is 0.980. The SMILES string of the molecule is Cc1ccc(-n2c(O)c(C=NNCCO)c(=O)[nH]c2=O)cc1. The summed E-state index contributed by atoms with van der Waals surface area (Å²) in [5.41, 5.74) is 2.25. The van der Waals surface area contributed by atoms with Crippen LogP contribution in [0, 0.1) is 6.92 Å². The molecule has 0 aliphatic carbocycles. The number of aromatic nitrogens is 2. The molecule has 8 nitrogen and oxygen atoms in total. The molecule has 0 saturated heterocycles. The molecule has 0 aliphatic heterocycles. The fourth-order valence-electron chi connectivity index (χ4n) is 1.81. The standard InChI is InChI=1S/C14H16N4O4/c1-9-2-4-10(5-3-9)18-13(21)11(8-16-15-6-7-19)12(20)17-14(18)22/h2-5,8,15,19,21H,6-7H2,1H3,(H,17,20,22). The van der Waals surface area contributed by atoms with Crippen LogP contribution in [0.4, 0.5) is 0 Å². The number of hydrogen-bond donors (Lipinski definition) is 4. The average molecular weight is 304 g/mol. The number of hydrazone groups is 1. The Kier molecular flexibility index (Phi) is 4.74. The minimum Gasteiger partial charge on any atom is -0.493 e. The summed E-state index contributed by atoms with van der Waals surface area (Å²) in [6, 6.07) is 6.87. The van der Waals surface area contributed by atoms with Crippen LogP contribution < -0.4 is 16.7 Å². The van der Waals surface area contributed by atoms with Crippen molar-refractivity contribution < 1.29 is 10.2 Å². The van der Waals surface area contributed by atoms with E-state index in [-0.39, 0.29) is 18.7 Å². The second-order valence-electron chi connectivity index (χ2n) is 4.56. The summed E-state index contributed by atoms with van der Waals surface area (Å²) in [5.74, 6) is -0.507. The van der Waals surface area contributed by atoms with Gasteiger partial charge in [-0.05, 0) is 19.1 Å². The quantitative estimate of drug-likeness (QED) is 0.336. The van der Waals surface area contributed by atoms with Gasteiger partial charge in [-0.25, -0.2) is 9.36 Å². The Morgan fingerprint density at radius 2 is 2.00 bits per heavy atom. The first kappa shape index (κ1) is 15.5. The first-order chi connectivity index (χ1) is 10.5. The van der Waals surface area contributed by atoms with Gasteiger partial charge < -0.3 is 15.6 Å². The van der Waals surface area contributed by atoms with Crippen molar-refractivity contribution in [3.8, 4) is 11.6 Å². The van der Waals surface area contributed by atoms with Gasteiger partial charge in [-0.2, -0.15) is 5.10 Å². The van der Waals surface area contributed by atoms with Crippen molar-refractivity contribution in [2.24, 2.45) is 5.10 Å². The minimum absolute atomic E-state index is 0.122. The molecule has 0 bridgehead atoms. The topological polar surface area (TPSA) is 120 Å². The summed E-state index contributed by atoms with van der Waals surface area (Å²) in [7, 11) is 0. The van der Waals surface area contributed by atoms with Gasteiger partial charge in [0.15, 0.2) is 0 Å². The van der Waals surface area contributed by atoms with E-state index in [1.807, 2.05) is 6.92 Å². The van der Waals surface area contributed by atoms with E-state index in [9.17, 15) is 14.7 Å². The van der Waals surface area contributed by atoms with Gasteiger partial charge in [0, 0.05) is 0 Å². The van der Waals surface area contributed by atoms with Gasteiger partial charge in [0.25, 0.3) is 5.56 Å². The largest absolute Gasteiger partial charge is 0.493 e. The van der Waals surface area contributed by atoms with Gasteiger partial charge in [0.1, 0.15) is 5.56 Å². The Labute approximate surface area is 125 Å². The Balaban J connectivity index is 2.51. The van der Waals surface area contributed by atoms with Gasteiger partial charge in [0.2, 0.25) is 5.88 Å². The van der Waals surface area contributed by atoms with Gasteiger partial charge in [-0.15, -0.1) is 0 Å². The molecule has 0 unspecified atom stereocenters. The van der Waals surface area contributed by atoms with E-state index in [1.165, 1.54) is 0 Å². The Morgan fingerprint density at radius 1 is 1.32 bits per heavy atom. The third-order valence-corrected chi connectivity index (χ3v) is 2.92. The number of nitrogens with one attached hydrogen (secondary N) is 2. The molecule has 0 aliphatic rings. The number of rotatable bonds is 5. The van der Waals surface area contributed by atoms with E-state index in [0.717, 1.165) is 16.3 Å². The van der Waals surface area contributed by atoms with Crippen LogP contribution >= 0.6 is 0 Å². The summed E-state index contributed by atoms with van der Waals surface area (Å²) in [4.78, 5) is 25.8. The third kappa shape index (κ3) is 3.23. The number of aryl methyl sites for hydroxylation is 1. The Morgan fingerprint density at radius 3 is 2.64 bits per heavy atom. The van der Waals surface area contributed by atoms with Crippen LogP contribution in [0.25, 0.3) is 5.69 Å². The highest BCUT2D eigenvalue weighted by molar-refractivity contribution is 5.82. The first-order valence-corrected chi connectivity index (χ1v) is 6.56. The first-order valence-electron chi connectivity index (χ1n) is 6.56. The van der Waals surface area contributed by atoms with Crippen molar-refractivity contribution in [2.45, 2.75) is 6.92 Å². The number of aliphatic hydroxyl groups excluding tert-OH is 1. The van der Waals surface area contributed by atoms with E-state index in [2.05, 4.69) is 15.5 Å². The summed E-state index contributed by atoms with van der Waals surface area (Å²) >= 11 is 0. The fraction of sp³-hybridized carbons (Fsp3) is 0.214. The number of aromatic hydroxyl groups is 1. The zero-order valence-electron chi connectivity index (χ0n) is 11.9. The zero-order chi connectivity index (χ0) is 16.1. The maximum atomic E-state index is 11.9. The summed E-state index contributed by atoms with van der Waals surface area (Å²) in [5, 5.41) is 22.5. The molecule has 116 valence electrons. The molecule has 1 aromatic carbocycles. The Hall–Kier alpha value is -2.87. The normalized spacial score (nSPS) is 11.0. The van der Waals surface area contributed by atoms with Gasteiger partial charge in [0.05, 0.1) is 25.1 Å². The lowest BCUT2D eigenvalue weighted by Crippen LogP contribution is -2.31. The molecule has 0 fully saturated rings. The van der Waals surface area contributed by atoms with E-state index in [4.69, 9.17) is 5.11 Å². The minimum atomic E-state index is -0.750. The van der Waals surface area contributed by atoms with Crippen molar-refractivity contribution >= 4 is 6.21 Å². The molecule has 1 heterocycles. The fourth-order valence-corrected chi connectivity index (χ4v) is 1.81. The monoisotopic (exact) mass is 304 g/mol. The molecular weight excluding hydrogens is 288 g/mol. The van der Waals surface area contributed by atoms with Crippen molar-refractivity contribution in [3.05, 3.63) is 56.2 Å². The highest BCUT2D eigenvalue weighted by atomic mass is 16.3. The highest BCUT2D eigenvalue weighted by Crippen LogP contribution is 2.15. The lowest BCUT2D eigenvalue weighted by atomic mass is 10.2. The predicted octanol–water partition coefficient (Wildman–Crippen LogP) is -0.544. The number of hydrogen-bond acceptors (Lipinski definition) is 6. The molecule has 0 atom stereocenters. The van der Waals surface area contributed by atoms with Crippen LogP contribution in [-0.2, 0) is 0 Å². The smallest absolute Gasteiger partial charge is 0.335 e. The molecule has 0 amide bonds. The number of benzene rings is 1. The molecule has 0 radical (unpaired) electrons. The molecule has 0 saturated carbocycles. The van der Waals surface area contributed by atoms with Gasteiger partial charge >= 0.3 is 5.69 Å². The molecule has 2 rings (SSSR count). The lowest BCUT2D eigenvalue weighted by molar-refractivity contribution is 0.294. The van der Waals surface area contributed by atoms with E-state index in [0.29, 0.717) is 5.69 Å². The van der Waals surface area contributed by atoms with Crippen LogP contribution in [0.3, 0.4) is 0 Å². The van der Waals surface area contributed by atoms with Crippen molar-refractivity contribution in [3.63, 3.8) is 0 Å². The van der Waals surface area contributed by atoms with E-state index < -0.39 is 17.1 Å². The van der Waals surface area contributed by atoms with Crippen molar-refractivity contribution in [1.29, 1.82) is 0 Å². The molecule has 4 N–H and O–H groups in total. The van der Waals surface area contributed by atoms with Gasteiger partial charge in [-0.1, -0.05) is 17.7 Å². The molecule has 22 heavy (non-hydrogen) atoms. The van der Waals surface area contributed by atoms with E-state index >= 15 is 0 Å². The molecule has 8 heteroatoms. The number of H-pyrrole nitrogens is 1. The second-order valence-corrected chi connectivity index (χ2v) is 4.56. The van der Waals surface area contributed by atoms with Crippen LogP contribution in [0.1, 0.15) is 11.1 Å². The van der Waals surface area contributed by atoms with Crippen LogP contribution in [0.5, 0.6) is 5.88 Å². The maximum absolute atomic E-state index is 11.9. The van der Waals surface area contributed by atoms with Crippen LogP contribution in [0.15, 0.2) is 39.0 Å². The second kappa shape index (κ2) is 6.72. The summed E-state index contributed by atoms with van der Waals surface area (Å²) in [6.07, 6.45) is 1.09.